The quantitative estimate of drug-likeness (QED) is 0.0779. The molecular formula is C40H60O6SSi. The predicted molar refractivity (Wildman–Crippen MR) is 201 cm³/mol. The zero-order valence-electron chi connectivity index (χ0n) is 30.9. The zero-order chi connectivity index (χ0) is 36.0. The van der Waals surface area contributed by atoms with Crippen molar-refractivity contribution in [2.24, 2.45) is 11.8 Å². The van der Waals surface area contributed by atoms with Crippen LogP contribution in [0.4, 0.5) is 0 Å². The molecular weight excluding hydrogens is 637 g/mol. The summed E-state index contributed by atoms with van der Waals surface area (Å²) in [6, 6.07) is 18.2. The van der Waals surface area contributed by atoms with Crippen LogP contribution in [-0.2, 0) is 35.1 Å². The van der Waals surface area contributed by atoms with E-state index in [4.69, 9.17) is 13.9 Å². The fourth-order valence-electron chi connectivity index (χ4n) is 5.18. The molecule has 2 aromatic carbocycles. The lowest BCUT2D eigenvalue weighted by Crippen LogP contribution is -2.41. The highest BCUT2D eigenvalue weighted by Crippen LogP contribution is 2.37. The molecule has 266 valence electrons. The molecule has 0 aliphatic carbocycles. The van der Waals surface area contributed by atoms with Gasteiger partial charge in [-0.3, -0.25) is 4.79 Å². The van der Waals surface area contributed by atoms with Gasteiger partial charge in [0.15, 0.2) is 18.2 Å². The van der Waals surface area contributed by atoms with E-state index in [0.29, 0.717) is 38.0 Å². The maximum Gasteiger partial charge on any atom is 0.308 e. The van der Waals surface area contributed by atoms with E-state index in [-0.39, 0.29) is 21.7 Å². The predicted octanol–water partition coefficient (Wildman–Crippen LogP) is 9.89. The Morgan fingerprint density at radius 1 is 0.917 bits per heavy atom. The van der Waals surface area contributed by atoms with Crippen molar-refractivity contribution in [1.82, 2.24) is 0 Å². The second-order valence-corrected chi connectivity index (χ2v) is 21.4. The Balaban J connectivity index is 2.15. The monoisotopic (exact) mass is 696 g/mol. The number of allylic oxidation sites excluding steroid dienone is 3. The molecule has 0 bridgehead atoms. The number of benzene rings is 2. The first-order chi connectivity index (χ1) is 22.5. The number of carbonyl (C=O) groups is 1. The van der Waals surface area contributed by atoms with Crippen molar-refractivity contribution < 1.29 is 27.1 Å². The summed E-state index contributed by atoms with van der Waals surface area (Å²) in [6.07, 6.45) is 7.35. The Labute approximate surface area is 292 Å². The molecule has 0 aromatic heterocycles. The minimum atomic E-state index is -3.63. The van der Waals surface area contributed by atoms with Gasteiger partial charge in [0.1, 0.15) is 0 Å². The van der Waals surface area contributed by atoms with Crippen LogP contribution in [0.1, 0.15) is 79.2 Å². The summed E-state index contributed by atoms with van der Waals surface area (Å²) in [7, 11) is -4.01. The van der Waals surface area contributed by atoms with Gasteiger partial charge in [0.2, 0.25) is 0 Å². The first kappa shape index (κ1) is 41.4. The number of rotatable bonds is 20. The number of hydrogen-bond acceptors (Lipinski definition) is 6. The van der Waals surface area contributed by atoms with Crippen molar-refractivity contribution >= 4 is 24.1 Å². The minimum absolute atomic E-state index is 0.160. The third-order valence-electron chi connectivity index (χ3n) is 9.45. The van der Waals surface area contributed by atoms with Crippen molar-refractivity contribution in [3.63, 3.8) is 0 Å². The van der Waals surface area contributed by atoms with Gasteiger partial charge in [-0.1, -0.05) is 105 Å². The normalized spacial score (nSPS) is 15.1. The lowest BCUT2D eigenvalue weighted by molar-refractivity contribution is -0.147. The maximum absolute atomic E-state index is 13.5. The number of methoxy groups -OCH3 is 1. The van der Waals surface area contributed by atoms with Gasteiger partial charge in [0, 0.05) is 5.92 Å². The molecule has 0 saturated carbocycles. The molecule has 8 heteroatoms. The largest absolute Gasteiger partial charge is 0.469 e. The molecule has 0 spiro atoms. The van der Waals surface area contributed by atoms with Crippen LogP contribution in [0.15, 0.2) is 101 Å². The van der Waals surface area contributed by atoms with Crippen LogP contribution in [0.3, 0.4) is 0 Å². The Morgan fingerprint density at radius 2 is 1.50 bits per heavy atom. The Hall–Kier alpha value is -2.78. The van der Waals surface area contributed by atoms with Gasteiger partial charge in [0.25, 0.3) is 0 Å². The summed E-state index contributed by atoms with van der Waals surface area (Å²) in [6.45, 7) is 22.5. The number of esters is 1. The van der Waals surface area contributed by atoms with E-state index in [2.05, 4.69) is 66.4 Å². The molecule has 6 nitrogen and oxygen atoms in total. The summed E-state index contributed by atoms with van der Waals surface area (Å²) in [5.41, 5.74) is 4.18. The van der Waals surface area contributed by atoms with Crippen molar-refractivity contribution in [1.29, 1.82) is 0 Å². The molecule has 48 heavy (non-hydrogen) atoms. The number of sulfone groups is 1. The highest BCUT2D eigenvalue weighted by Gasteiger charge is 2.37. The van der Waals surface area contributed by atoms with E-state index in [1.165, 1.54) is 18.3 Å². The lowest BCUT2D eigenvalue weighted by atomic mass is 9.87. The molecule has 2 rings (SSSR count). The first-order valence-corrected chi connectivity index (χ1v) is 21.6. The second kappa shape index (κ2) is 19.4. The van der Waals surface area contributed by atoms with E-state index >= 15 is 0 Å². The number of ether oxygens (including phenoxy) is 2. The van der Waals surface area contributed by atoms with Crippen LogP contribution >= 0.6 is 0 Å². The van der Waals surface area contributed by atoms with Gasteiger partial charge >= 0.3 is 5.97 Å². The third kappa shape index (κ3) is 14.0. The van der Waals surface area contributed by atoms with Crippen molar-refractivity contribution in [2.75, 3.05) is 19.5 Å². The summed E-state index contributed by atoms with van der Waals surface area (Å²) in [5.74, 6) is -1.46. The Kier molecular flexibility index (Phi) is 16.7. The molecule has 0 saturated heterocycles. The summed E-state index contributed by atoms with van der Waals surface area (Å²) in [4.78, 5) is 13.3. The molecule has 0 amide bonds. The molecule has 0 fully saturated rings. The van der Waals surface area contributed by atoms with Gasteiger partial charge in [-0.05, 0) is 88.7 Å². The molecule has 3 unspecified atom stereocenters. The van der Waals surface area contributed by atoms with Crippen LogP contribution in [-0.4, -0.2) is 48.3 Å². The first-order valence-electron chi connectivity index (χ1n) is 17.1. The van der Waals surface area contributed by atoms with Gasteiger partial charge in [-0.15, -0.1) is 0 Å². The van der Waals surface area contributed by atoms with Crippen LogP contribution in [0, 0.1) is 11.8 Å². The highest BCUT2D eigenvalue weighted by molar-refractivity contribution is 7.91. The van der Waals surface area contributed by atoms with Gasteiger partial charge in [-0.2, -0.15) is 0 Å². The summed E-state index contributed by atoms with van der Waals surface area (Å²) < 4.78 is 45.0. The SMILES string of the molecule is C=C(C)C(CS(=O)(=O)c1ccccc1)C(CC(CC/C=C(\C)CC/C=C(\C)CO[Si](C)(C)C(C)(C)C)C(=O)OC)OCc1ccccc1. The fraction of sp³-hybridized carbons (Fsp3) is 0.525. The van der Waals surface area contributed by atoms with Crippen molar-refractivity contribution in [2.45, 2.75) is 109 Å². The maximum atomic E-state index is 13.5. The van der Waals surface area contributed by atoms with Crippen molar-refractivity contribution in [3.8, 4) is 0 Å². The topological polar surface area (TPSA) is 78.9 Å². The standard InChI is InChI=1S/C40H60O6SSi/c1-31(2)37(30-47(42,43)36-25-15-12-16-26-36)38(45-29-34-22-13-11-14-23-34)27-35(39(41)44-8)24-18-20-32(3)19-17-21-33(4)28-46-48(9,10)40(5,6)7/h11-16,20-23,25-26,35,37-38H,1,17-19,24,27-30H2,2-10H3/b32-20+,33-21+. The van der Waals surface area contributed by atoms with Crippen LogP contribution < -0.4 is 0 Å². The zero-order valence-corrected chi connectivity index (χ0v) is 32.7. The molecule has 2 aromatic rings. The van der Waals surface area contributed by atoms with Gasteiger partial charge in [-0.25, -0.2) is 8.42 Å². The molecule has 0 aliphatic heterocycles. The molecule has 0 N–H and O–H groups in total. The lowest BCUT2D eigenvalue weighted by Gasteiger charge is -2.36. The van der Waals surface area contributed by atoms with Gasteiger partial charge < -0.3 is 13.9 Å². The van der Waals surface area contributed by atoms with E-state index in [9.17, 15) is 13.2 Å². The number of carbonyl (C=O) groups excluding carboxylic acids is 1. The Bertz CT molecular complexity index is 1460. The van der Waals surface area contributed by atoms with Crippen molar-refractivity contribution in [3.05, 3.63) is 102 Å². The smallest absolute Gasteiger partial charge is 0.308 e. The van der Waals surface area contributed by atoms with E-state index in [0.717, 1.165) is 18.4 Å². The average Bonchev–Trinajstić information content (AvgIpc) is 3.04. The van der Waals surface area contributed by atoms with Crippen LogP contribution in [0.2, 0.25) is 18.1 Å². The molecule has 0 radical (unpaired) electrons. The Morgan fingerprint density at radius 3 is 2.06 bits per heavy atom. The van der Waals surface area contributed by atoms with Crippen LogP contribution in [0.5, 0.6) is 0 Å². The molecule has 0 heterocycles. The second-order valence-electron chi connectivity index (χ2n) is 14.6. The average molecular weight is 697 g/mol. The van der Waals surface area contributed by atoms with E-state index < -0.39 is 36.1 Å². The fourth-order valence-corrected chi connectivity index (χ4v) is 7.94. The van der Waals surface area contributed by atoms with Crippen LogP contribution in [0.25, 0.3) is 0 Å². The summed E-state index contributed by atoms with van der Waals surface area (Å²) in [5, 5.41) is 0.188. The van der Waals surface area contributed by atoms with E-state index in [1.54, 1.807) is 30.3 Å². The number of hydrogen-bond donors (Lipinski definition) is 0. The molecule has 3 atom stereocenters. The third-order valence-corrected chi connectivity index (χ3v) is 15.7. The summed E-state index contributed by atoms with van der Waals surface area (Å²) >= 11 is 0. The van der Waals surface area contributed by atoms with E-state index in [1.807, 2.05) is 37.3 Å². The minimum Gasteiger partial charge on any atom is -0.469 e. The molecule has 0 aliphatic rings. The highest BCUT2D eigenvalue weighted by atomic mass is 32.2. The van der Waals surface area contributed by atoms with Gasteiger partial charge in [0.05, 0.1) is 43.0 Å².